The number of carbonyl (C=O) groups excluding carboxylic acids is 1. The fourth-order valence-electron chi connectivity index (χ4n) is 1.88. The zero-order valence-corrected chi connectivity index (χ0v) is 12.6. The Morgan fingerprint density at radius 3 is 2.50 bits per heavy atom. The molecule has 2 rings (SSSR count). The largest absolute Gasteiger partial charge is 0.507 e. The highest BCUT2D eigenvalue weighted by atomic mass is 16.3. The molecule has 0 heterocycles. The van der Waals surface area contributed by atoms with E-state index in [1.807, 2.05) is 31.2 Å². The Hall–Kier alpha value is -2.82. The van der Waals surface area contributed by atoms with E-state index in [-0.39, 0.29) is 18.2 Å². The number of phenolic OH excluding ortho intramolecular Hbond substituents is 1. The van der Waals surface area contributed by atoms with Gasteiger partial charge in [-0.25, -0.2) is 5.43 Å². The van der Waals surface area contributed by atoms with Gasteiger partial charge < -0.3 is 10.4 Å². The van der Waals surface area contributed by atoms with Gasteiger partial charge in [0.1, 0.15) is 5.75 Å². The van der Waals surface area contributed by atoms with E-state index in [4.69, 9.17) is 0 Å². The maximum absolute atomic E-state index is 11.8. The molecule has 0 saturated carbocycles. The Morgan fingerprint density at radius 1 is 1.14 bits per heavy atom. The van der Waals surface area contributed by atoms with Crippen molar-refractivity contribution in [1.82, 2.24) is 5.43 Å². The molecule has 0 radical (unpaired) electrons. The van der Waals surface area contributed by atoms with E-state index in [1.165, 1.54) is 0 Å². The maximum Gasteiger partial charge on any atom is 0.259 e. The lowest BCUT2D eigenvalue weighted by molar-refractivity contribution is -0.119. The second-order valence-electron chi connectivity index (χ2n) is 4.97. The Labute approximate surface area is 129 Å². The Morgan fingerprint density at radius 2 is 1.82 bits per heavy atom. The number of carbonyl (C=O) groups is 1. The molecule has 0 aliphatic carbocycles. The Balaban J connectivity index is 1.88. The van der Waals surface area contributed by atoms with Crippen molar-refractivity contribution in [3.63, 3.8) is 0 Å². The molecular weight excluding hydrogens is 278 g/mol. The summed E-state index contributed by atoms with van der Waals surface area (Å²) in [6.07, 6.45) is 0. The third-order valence-corrected chi connectivity index (χ3v) is 3.15. The molecule has 0 fully saturated rings. The molecule has 0 aromatic heterocycles. The van der Waals surface area contributed by atoms with Crippen molar-refractivity contribution < 1.29 is 9.90 Å². The van der Waals surface area contributed by atoms with Gasteiger partial charge >= 0.3 is 0 Å². The highest BCUT2D eigenvalue weighted by Crippen LogP contribution is 2.16. The van der Waals surface area contributed by atoms with Gasteiger partial charge in [-0.05, 0) is 38.1 Å². The van der Waals surface area contributed by atoms with E-state index in [1.54, 1.807) is 31.2 Å². The predicted molar refractivity (Wildman–Crippen MR) is 88.1 cm³/mol. The smallest absolute Gasteiger partial charge is 0.259 e. The number of hydrogen-bond donors (Lipinski definition) is 3. The van der Waals surface area contributed by atoms with Crippen molar-refractivity contribution in [2.75, 3.05) is 11.9 Å². The van der Waals surface area contributed by atoms with Crippen LogP contribution < -0.4 is 10.7 Å². The number of amides is 1. The number of aromatic hydroxyl groups is 1. The van der Waals surface area contributed by atoms with E-state index < -0.39 is 0 Å². The zero-order chi connectivity index (χ0) is 15.9. The molecule has 1 amide bonds. The van der Waals surface area contributed by atoms with Crippen molar-refractivity contribution >= 4 is 17.3 Å². The molecule has 0 bridgehead atoms. The van der Waals surface area contributed by atoms with Crippen LogP contribution in [-0.2, 0) is 4.79 Å². The third kappa shape index (κ3) is 4.34. The molecule has 0 atom stereocenters. The first-order chi connectivity index (χ1) is 10.6. The molecule has 0 aliphatic heterocycles. The average molecular weight is 297 g/mol. The van der Waals surface area contributed by atoms with Gasteiger partial charge in [-0.2, -0.15) is 5.10 Å². The minimum Gasteiger partial charge on any atom is -0.507 e. The van der Waals surface area contributed by atoms with Crippen LogP contribution in [-0.4, -0.2) is 23.3 Å². The molecule has 5 nitrogen and oxygen atoms in total. The molecular formula is C17H19N3O2. The summed E-state index contributed by atoms with van der Waals surface area (Å²) in [5.74, 6) is -0.119. The number of anilines is 1. The molecule has 2 aromatic rings. The van der Waals surface area contributed by atoms with Crippen LogP contribution in [0.1, 0.15) is 18.1 Å². The maximum atomic E-state index is 11.8. The highest BCUT2D eigenvalue weighted by molar-refractivity contribution is 6.01. The van der Waals surface area contributed by atoms with Crippen LogP contribution in [0.4, 0.5) is 5.69 Å². The van der Waals surface area contributed by atoms with Crippen molar-refractivity contribution in [2.24, 2.45) is 5.10 Å². The second kappa shape index (κ2) is 7.26. The SMILES string of the molecule is C/C(=N/NC(=O)CNc1ccc(C)cc1)c1ccccc1O. The van der Waals surface area contributed by atoms with Crippen LogP contribution in [0.3, 0.4) is 0 Å². The lowest BCUT2D eigenvalue weighted by Crippen LogP contribution is -2.26. The number of rotatable bonds is 5. The Bertz CT molecular complexity index is 679. The van der Waals surface area contributed by atoms with Crippen LogP contribution >= 0.6 is 0 Å². The summed E-state index contributed by atoms with van der Waals surface area (Å²) >= 11 is 0. The van der Waals surface area contributed by atoms with Crippen molar-refractivity contribution in [3.05, 3.63) is 59.7 Å². The van der Waals surface area contributed by atoms with Gasteiger partial charge in [-0.3, -0.25) is 4.79 Å². The van der Waals surface area contributed by atoms with E-state index in [9.17, 15) is 9.90 Å². The van der Waals surface area contributed by atoms with Crippen LogP contribution in [0.15, 0.2) is 53.6 Å². The standard InChI is InChI=1S/C17H19N3O2/c1-12-7-9-14(10-8-12)18-11-17(22)20-19-13(2)15-5-3-4-6-16(15)21/h3-10,18,21H,11H2,1-2H3,(H,20,22)/b19-13-. The molecule has 5 heteroatoms. The highest BCUT2D eigenvalue weighted by Gasteiger charge is 2.04. The molecule has 0 unspecified atom stereocenters. The van der Waals surface area contributed by atoms with Gasteiger partial charge in [0.05, 0.1) is 12.3 Å². The minimum atomic E-state index is -0.254. The first kappa shape index (κ1) is 15.6. The quantitative estimate of drug-likeness (QED) is 0.587. The molecule has 2 aromatic carbocycles. The summed E-state index contributed by atoms with van der Waals surface area (Å²) in [5, 5.41) is 16.7. The van der Waals surface area contributed by atoms with Gasteiger partial charge in [0.15, 0.2) is 0 Å². The number of nitrogens with zero attached hydrogens (tertiary/aromatic N) is 1. The monoisotopic (exact) mass is 297 g/mol. The van der Waals surface area contributed by atoms with Crippen molar-refractivity contribution in [3.8, 4) is 5.75 Å². The number of aryl methyl sites for hydroxylation is 1. The summed E-state index contributed by atoms with van der Waals surface area (Å²) in [4.78, 5) is 11.8. The molecule has 22 heavy (non-hydrogen) atoms. The lowest BCUT2D eigenvalue weighted by atomic mass is 10.1. The molecule has 114 valence electrons. The summed E-state index contributed by atoms with van der Waals surface area (Å²) in [5.41, 5.74) is 5.64. The van der Waals surface area contributed by atoms with Crippen LogP contribution in [0.2, 0.25) is 0 Å². The third-order valence-electron chi connectivity index (χ3n) is 3.15. The normalized spacial score (nSPS) is 11.1. The summed E-state index contributed by atoms with van der Waals surface area (Å²) in [7, 11) is 0. The summed E-state index contributed by atoms with van der Waals surface area (Å²) in [6, 6.07) is 14.6. The molecule has 3 N–H and O–H groups in total. The van der Waals surface area contributed by atoms with Gasteiger partial charge in [0.2, 0.25) is 0 Å². The van der Waals surface area contributed by atoms with E-state index in [0.29, 0.717) is 11.3 Å². The van der Waals surface area contributed by atoms with Crippen LogP contribution in [0.25, 0.3) is 0 Å². The summed E-state index contributed by atoms with van der Waals surface area (Å²) in [6.45, 7) is 3.86. The van der Waals surface area contributed by atoms with Gasteiger partial charge in [-0.15, -0.1) is 0 Å². The fourth-order valence-corrected chi connectivity index (χ4v) is 1.88. The number of hydrogen-bond acceptors (Lipinski definition) is 4. The van der Waals surface area contributed by atoms with Gasteiger partial charge in [0.25, 0.3) is 5.91 Å². The average Bonchev–Trinajstić information content (AvgIpc) is 2.52. The fraction of sp³-hybridized carbons (Fsp3) is 0.176. The van der Waals surface area contributed by atoms with Gasteiger partial charge in [0, 0.05) is 11.3 Å². The predicted octanol–water partition coefficient (Wildman–Crippen LogP) is 2.65. The number of para-hydroxylation sites is 1. The van der Waals surface area contributed by atoms with E-state index in [0.717, 1.165) is 11.3 Å². The zero-order valence-electron chi connectivity index (χ0n) is 12.6. The number of nitrogens with one attached hydrogen (secondary N) is 2. The molecule has 0 aliphatic rings. The van der Waals surface area contributed by atoms with Crippen molar-refractivity contribution in [1.29, 1.82) is 0 Å². The minimum absolute atomic E-state index is 0.126. The van der Waals surface area contributed by atoms with Crippen molar-refractivity contribution in [2.45, 2.75) is 13.8 Å². The lowest BCUT2D eigenvalue weighted by Gasteiger charge is -2.07. The number of benzene rings is 2. The molecule has 0 saturated heterocycles. The van der Waals surface area contributed by atoms with Gasteiger partial charge in [-0.1, -0.05) is 29.8 Å². The first-order valence-electron chi connectivity index (χ1n) is 6.98. The van der Waals surface area contributed by atoms with Crippen LogP contribution in [0.5, 0.6) is 5.75 Å². The second-order valence-corrected chi connectivity index (χ2v) is 4.97. The summed E-state index contributed by atoms with van der Waals surface area (Å²) < 4.78 is 0. The Kier molecular flexibility index (Phi) is 5.14. The van der Waals surface area contributed by atoms with E-state index in [2.05, 4.69) is 15.8 Å². The number of phenols is 1. The first-order valence-corrected chi connectivity index (χ1v) is 6.98. The number of hydrazone groups is 1. The topological polar surface area (TPSA) is 73.7 Å². The van der Waals surface area contributed by atoms with Crippen LogP contribution in [0, 0.1) is 6.92 Å². The molecule has 0 spiro atoms. The van der Waals surface area contributed by atoms with E-state index >= 15 is 0 Å².